The molecule has 2 aromatic rings. The van der Waals surface area contributed by atoms with Gasteiger partial charge in [-0.25, -0.2) is 14.8 Å². The van der Waals surface area contributed by atoms with Crippen LogP contribution in [0.25, 0.3) is 0 Å². The van der Waals surface area contributed by atoms with Crippen LogP contribution in [0, 0.1) is 6.92 Å². The van der Waals surface area contributed by atoms with Crippen molar-refractivity contribution in [3.63, 3.8) is 0 Å². The number of anilines is 1. The van der Waals surface area contributed by atoms with Crippen molar-refractivity contribution in [3.05, 3.63) is 51.8 Å². The van der Waals surface area contributed by atoms with Crippen LogP contribution in [0.4, 0.5) is 10.7 Å². The third-order valence-corrected chi connectivity index (χ3v) is 6.07. The fourth-order valence-corrected chi connectivity index (χ4v) is 4.46. The largest absolute Gasteiger partial charge is 0.381 e. The molecule has 4 rings (SSSR count). The van der Waals surface area contributed by atoms with Gasteiger partial charge in [0.25, 0.3) is 0 Å². The molecular formula is C22H28ClN5O2. The Morgan fingerprint density at radius 2 is 2.07 bits per heavy atom. The lowest BCUT2D eigenvalue weighted by Gasteiger charge is -2.32. The highest BCUT2D eigenvalue weighted by atomic mass is 35.5. The Balaban J connectivity index is 1.44. The van der Waals surface area contributed by atoms with Crippen molar-refractivity contribution < 1.29 is 9.53 Å². The van der Waals surface area contributed by atoms with E-state index in [1.807, 2.05) is 50.1 Å². The van der Waals surface area contributed by atoms with Crippen molar-refractivity contribution in [2.75, 3.05) is 18.5 Å². The van der Waals surface area contributed by atoms with E-state index in [4.69, 9.17) is 21.3 Å². The van der Waals surface area contributed by atoms with Gasteiger partial charge in [-0.1, -0.05) is 17.7 Å². The second-order valence-corrected chi connectivity index (χ2v) is 8.96. The second kappa shape index (κ2) is 8.40. The zero-order valence-corrected chi connectivity index (χ0v) is 18.4. The molecule has 2 amide bonds. The van der Waals surface area contributed by atoms with Gasteiger partial charge in [-0.05, 0) is 56.9 Å². The predicted molar refractivity (Wildman–Crippen MR) is 116 cm³/mol. The number of benzene rings is 1. The van der Waals surface area contributed by atoms with Crippen LogP contribution in [0.3, 0.4) is 0 Å². The molecule has 160 valence electrons. The molecule has 0 aliphatic carbocycles. The van der Waals surface area contributed by atoms with Crippen LogP contribution in [0.15, 0.2) is 24.4 Å². The number of carbonyl (C=O) groups is 1. The summed E-state index contributed by atoms with van der Waals surface area (Å²) in [7, 11) is 0. The Hall–Kier alpha value is -2.38. The molecule has 0 radical (unpaired) electrons. The molecule has 1 fully saturated rings. The highest BCUT2D eigenvalue weighted by Gasteiger charge is 2.41. The Bertz CT molecular complexity index is 923. The predicted octanol–water partition coefficient (Wildman–Crippen LogP) is 3.99. The van der Waals surface area contributed by atoms with Crippen LogP contribution in [-0.4, -0.2) is 40.2 Å². The number of nitrogens with zero attached hydrogens (tertiary/aromatic N) is 3. The molecule has 0 spiro atoms. The third-order valence-electron chi connectivity index (χ3n) is 5.85. The Morgan fingerprint density at radius 3 is 2.80 bits per heavy atom. The highest BCUT2D eigenvalue weighted by Crippen LogP contribution is 2.37. The maximum absolute atomic E-state index is 13.0. The lowest BCUT2D eigenvalue weighted by atomic mass is 9.97. The number of halogens is 1. The highest BCUT2D eigenvalue weighted by molar-refractivity contribution is 6.30. The number of hydrogen-bond donors (Lipinski definition) is 2. The summed E-state index contributed by atoms with van der Waals surface area (Å²) < 4.78 is 5.41. The zero-order chi connectivity index (χ0) is 21.3. The molecule has 1 aromatic carbocycles. The van der Waals surface area contributed by atoms with Crippen LogP contribution in [-0.2, 0) is 23.4 Å². The fraction of sp³-hybridized carbons (Fsp3) is 0.500. The van der Waals surface area contributed by atoms with Gasteiger partial charge >= 0.3 is 6.03 Å². The van der Waals surface area contributed by atoms with Gasteiger partial charge in [0, 0.05) is 42.6 Å². The number of ether oxygens (including phenoxy) is 1. The molecular weight excluding hydrogens is 402 g/mol. The van der Waals surface area contributed by atoms with Crippen LogP contribution >= 0.6 is 11.6 Å². The topological polar surface area (TPSA) is 79.4 Å². The smallest absolute Gasteiger partial charge is 0.318 e. The van der Waals surface area contributed by atoms with E-state index in [2.05, 4.69) is 15.6 Å². The summed E-state index contributed by atoms with van der Waals surface area (Å²) in [5.41, 5.74) is 3.43. The first kappa shape index (κ1) is 20.9. The number of carbonyl (C=O) groups excluding carboxylic acids is 1. The van der Waals surface area contributed by atoms with E-state index in [-0.39, 0.29) is 6.03 Å². The van der Waals surface area contributed by atoms with Gasteiger partial charge in [-0.15, -0.1) is 0 Å². The molecule has 2 aliphatic heterocycles. The lowest BCUT2D eigenvalue weighted by molar-refractivity contribution is 0.0903. The number of amides is 2. The number of fused-ring (bicyclic) bond motifs is 1. The van der Waals surface area contributed by atoms with Gasteiger partial charge in [-0.3, -0.25) is 0 Å². The quantitative estimate of drug-likeness (QED) is 0.768. The van der Waals surface area contributed by atoms with E-state index < -0.39 is 5.54 Å². The van der Waals surface area contributed by atoms with E-state index in [0.29, 0.717) is 30.1 Å². The monoisotopic (exact) mass is 429 g/mol. The Morgan fingerprint density at radius 1 is 1.30 bits per heavy atom. The molecule has 0 saturated carbocycles. The van der Waals surface area contributed by atoms with Crippen molar-refractivity contribution in [1.29, 1.82) is 0 Å². The van der Waals surface area contributed by atoms with Crippen molar-refractivity contribution >= 4 is 23.6 Å². The third kappa shape index (κ3) is 4.37. The number of aromatic nitrogens is 2. The molecule has 0 bridgehead atoms. The number of aryl methyl sites for hydroxylation is 1. The molecule has 0 atom stereocenters. The number of rotatable bonds is 4. The summed E-state index contributed by atoms with van der Waals surface area (Å²) in [5.74, 6) is 0.619. The molecule has 1 saturated heterocycles. The maximum atomic E-state index is 13.0. The molecule has 2 N–H and O–H groups in total. The maximum Gasteiger partial charge on any atom is 0.318 e. The minimum absolute atomic E-state index is 0.130. The summed E-state index contributed by atoms with van der Waals surface area (Å²) >= 11 is 6.13. The Kier molecular flexibility index (Phi) is 5.84. The van der Waals surface area contributed by atoms with Gasteiger partial charge < -0.3 is 20.3 Å². The van der Waals surface area contributed by atoms with Crippen LogP contribution in [0.5, 0.6) is 0 Å². The first-order valence-electron chi connectivity index (χ1n) is 10.3. The standard InChI is InChI=1S/C22H28ClN5O2/c1-14-8-15(10-16(23)9-14)11-25-21(29)28-13-19-18(22(28,2)3)12-24-20(27-19)26-17-4-6-30-7-5-17/h8-10,12,17H,4-7,11,13H2,1-3H3,(H,25,29)(H,24,26,27). The number of urea groups is 1. The van der Waals surface area contributed by atoms with Crippen molar-refractivity contribution in [2.24, 2.45) is 0 Å². The summed E-state index contributed by atoms with van der Waals surface area (Å²) in [6.07, 6.45) is 3.74. The number of nitrogens with one attached hydrogen (secondary N) is 2. The van der Waals surface area contributed by atoms with Crippen LogP contribution in [0.1, 0.15) is 49.1 Å². The fourth-order valence-electron chi connectivity index (χ4n) is 4.15. The van der Waals surface area contributed by atoms with Crippen LogP contribution < -0.4 is 10.6 Å². The van der Waals surface area contributed by atoms with E-state index in [0.717, 1.165) is 48.4 Å². The minimum atomic E-state index is -0.485. The number of hydrogen-bond acceptors (Lipinski definition) is 5. The van der Waals surface area contributed by atoms with Gasteiger partial charge in [0.2, 0.25) is 5.95 Å². The molecule has 0 unspecified atom stereocenters. The first-order valence-corrected chi connectivity index (χ1v) is 10.7. The summed E-state index contributed by atoms with van der Waals surface area (Å²) in [4.78, 5) is 24.0. The molecule has 30 heavy (non-hydrogen) atoms. The summed E-state index contributed by atoms with van der Waals surface area (Å²) in [5, 5.41) is 7.10. The average Bonchev–Trinajstić information content (AvgIpc) is 2.96. The van der Waals surface area contributed by atoms with E-state index in [1.165, 1.54) is 0 Å². The molecule has 8 heteroatoms. The molecule has 7 nitrogen and oxygen atoms in total. The van der Waals surface area contributed by atoms with Gasteiger partial charge in [0.1, 0.15) is 0 Å². The Labute approximate surface area is 182 Å². The van der Waals surface area contributed by atoms with Crippen molar-refractivity contribution in [1.82, 2.24) is 20.2 Å². The summed E-state index contributed by atoms with van der Waals surface area (Å²) in [6.45, 7) is 8.43. The van der Waals surface area contributed by atoms with Gasteiger partial charge in [0.15, 0.2) is 0 Å². The molecule has 3 heterocycles. The van der Waals surface area contributed by atoms with Gasteiger partial charge in [0.05, 0.1) is 17.8 Å². The van der Waals surface area contributed by atoms with Crippen molar-refractivity contribution in [2.45, 2.75) is 58.3 Å². The minimum Gasteiger partial charge on any atom is -0.381 e. The molecule has 1 aromatic heterocycles. The SMILES string of the molecule is Cc1cc(Cl)cc(CNC(=O)N2Cc3nc(NC4CCOCC4)ncc3C2(C)C)c1. The first-order chi connectivity index (χ1) is 14.3. The molecule has 2 aliphatic rings. The zero-order valence-electron chi connectivity index (χ0n) is 17.7. The summed E-state index contributed by atoms with van der Waals surface area (Å²) in [6, 6.07) is 5.99. The van der Waals surface area contributed by atoms with Crippen LogP contribution in [0.2, 0.25) is 5.02 Å². The average molecular weight is 430 g/mol. The van der Waals surface area contributed by atoms with E-state index in [1.54, 1.807) is 0 Å². The van der Waals surface area contributed by atoms with E-state index in [9.17, 15) is 4.79 Å². The normalized spacial score (nSPS) is 18.2. The lowest BCUT2D eigenvalue weighted by Crippen LogP contribution is -2.45. The van der Waals surface area contributed by atoms with E-state index >= 15 is 0 Å². The van der Waals surface area contributed by atoms with Gasteiger partial charge in [-0.2, -0.15) is 0 Å². The second-order valence-electron chi connectivity index (χ2n) is 8.53. The van der Waals surface area contributed by atoms with Crippen molar-refractivity contribution in [3.8, 4) is 0 Å².